The highest BCUT2D eigenvalue weighted by Crippen LogP contribution is 2.33. The van der Waals surface area contributed by atoms with Crippen LogP contribution in [0, 0.1) is 0 Å². The van der Waals surface area contributed by atoms with E-state index in [4.69, 9.17) is 28.9 Å². The minimum absolute atomic E-state index is 0.112. The zero-order valence-corrected chi connectivity index (χ0v) is 17.8. The fourth-order valence-corrected chi connectivity index (χ4v) is 3.43. The third-order valence-electron chi connectivity index (χ3n) is 4.39. The molecule has 0 atom stereocenters. The van der Waals surface area contributed by atoms with Crippen LogP contribution in [0.4, 0.5) is 5.82 Å². The number of nitrogens with one attached hydrogen (secondary N) is 1. The largest absolute Gasteiger partial charge is 0.383 e. The monoisotopic (exact) mass is 428 g/mol. The van der Waals surface area contributed by atoms with Crippen molar-refractivity contribution in [2.45, 2.75) is 0 Å². The van der Waals surface area contributed by atoms with Gasteiger partial charge < -0.3 is 16.0 Å². The number of hydrogen-bond donors (Lipinski definition) is 2. The van der Waals surface area contributed by atoms with Crippen molar-refractivity contribution in [3.05, 3.63) is 70.3 Å². The third-order valence-corrected chi connectivity index (χ3v) is 4.83. The van der Waals surface area contributed by atoms with E-state index in [1.54, 1.807) is 30.5 Å². The van der Waals surface area contributed by atoms with Crippen molar-refractivity contribution in [1.29, 1.82) is 0 Å². The number of nitrogens with zero attached hydrogens (tertiary/aromatic N) is 2. The molecule has 1 aromatic heterocycles. The third kappa shape index (κ3) is 5.48. The summed E-state index contributed by atoms with van der Waals surface area (Å²) in [6, 6.07) is 14.6. The Balaban J connectivity index is 1.90. The number of pyridine rings is 1. The zero-order valence-electron chi connectivity index (χ0n) is 16.2. The van der Waals surface area contributed by atoms with Gasteiger partial charge in [-0.3, -0.25) is 4.79 Å². The van der Waals surface area contributed by atoms with Crippen LogP contribution in [0.25, 0.3) is 22.3 Å². The minimum atomic E-state index is -0.112. The maximum Gasteiger partial charge on any atom is 0.251 e. The number of amides is 1. The molecule has 150 valence electrons. The molecule has 29 heavy (non-hydrogen) atoms. The predicted octanol–water partition coefficient (Wildman–Crippen LogP) is 4.60. The predicted molar refractivity (Wildman–Crippen MR) is 120 cm³/mol. The molecule has 0 spiro atoms. The molecule has 0 aliphatic carbocycles. The van der Waals surface area contributed by atoms with Crippen LogP contribution in [-0.4, -0.2) is 43.0 Å². The van der Waals surface area contributed by atoms with Gasteiger partial charge in [-0.2, -0.15) is 0 Å². The molecule has 0 bridgehead atoms. The molecule has 3 aromatic rings. The summed E-state index contributed by atoms with van der Waals surface area (Å²) in [6.07, 6.45) is 1.69. The van der Waals surface area contributed by atoms with Crippen LogP contribution in [0.5, 0.6) is 0 Å². The van der Waals surface area contributed by atoms with Crippen LogP contribution < -0.4 is 11.1 Å². The Kier molecular flexibility index (Phi) is 6.75. The minimum Gasteiger partial charge on any atom is -0.383 e. The molecule has 0 saturated heterocycles. The van der Waals surface area contributed by atoms with Gasteiger partial charge in [0.1, 0.15) is 5.82 Å². The highest BCUT2D eigenvalue weighted by molar-refractivity contribution is 6.35. The quantitative estimate of drug-likeness (QED) is 0.601. The van der Waals surface area contributed by atoms with Crippen LogP contribution in [0.3, 0.4) is 0 Å². The number of carbonyl (C=O) groups excluding carboxylic acids is 1. The van der Waals surface area contributed by atoms with Crippen molar-refractivity contribution in [1.82, 2.24) is 15.2 Å². The van der Waals surface area contributed by atoms with Crippen molar-refractivity contribution < 1.29 is 4.79 Å². The van der Waals surface area contributed by atoms with Crippen LogP contribution >= 0.6 is 23.2 Å². The first-order valence-electron chi connectivity index (χ1n) is 9.09. The zero-order chi connectivity index (χ0) is 21.0. The molecular formula is C22H22Cl2N4O. The maximum atomic E-state index is 12.4. The van der Waals surface area contributed by atoms with E-state index in [1.807, 2.05) is 43.3 Å². The lowest BCUT2D eigenvalue weighted by Crippen LogP contribution is -2.31. The van der Waals surface area contributed by atoms with Crippen molar-refractivity contribution >= 4 is 34.9 Å². The molecule has 7 heteroatoms. The summed E-state index contributed by atoms with van der Waals surface area (Å²) >= 11 is 12.3. The van der Waals surface area contributed by atoms with E-state index in [0.29, 0.717) is 28.0 Å². The lowest BCUT2D eigenvalue weighted by molar-refractivity contribution is 0.0951. The van der Waals surface area contributed by atoms with Gasteiger partial charge in [0.05, 0.1) is 0 Å². The van der Waals surface area contributed by atoms with Gasteiger partial charge in [-0.25, -0.2) is 4.98 Å². The molecule has 0 radical (unpaired) electrons. The first-order chi connectivity index (χ1) is 13.8. The molecule has 0 saturated carbocycles. The Hall–Kier alpha value is -2.60. The standard InChI is InChI=1S/C22H22Cl2N4O/c1-28(2)7-6-26-22(29)15-5-3-4-14(8-15)17-11-20(21(25)27-13-17)16-9-18(23)12-19(24)10-16/h3-5,8-13H,6-7H2,1-2H3,(H2,25,27)(H,26,29). The second-order valence-electron chi connectivity index (χ2n) is 6.95. The van der Waals surface area contributed by atoms with E-state index < -0.39 is 0 Å². The second kappa shape index (κ2) is 9.27. The highest BCUT2D eigenvalue weighted by Gasteiger charge is 2.11. The van der Waals surface area contributed by atoms with Gasteiger partial charge in [0.25, 0.3) is 5.91 Å². The number of likely N-dealkylation sites (N-methyl/N-ethyl adjacent to an activating group) is 1. The maximum absolute atomic E-state index is 12.4. The molecule has 0 unspecified atom stereocenters. The lowest BCUT2D eigenvalue weighted by atomic mass is 9.99. The summed E-state index contributed by atoms with van der Waals surface area (Å²) in [5, 5.41) is 3.97. The van der Waals surface area contributed by atoms with Gasteiger partial charge in [-0.15, -0.1) is 0 Å². The van der Waals surface area contributed by atoms with E-state index in [-0.39, 0.29) is 5.91 Å². The van der Waals surface area contributed by atoms with Crippen LogP contribution in [0.15, 0.2) is 54.7 Å². The number of rotatable bonds is 6. The number of halogens is 2. The summed E-state index contributed by atoms with van der Waals surface area (Å²) in [5.74, 6) is 0.267. The van der Waals surface area contributed by atoms with Gasteiger partial charge in [0.2, 0.25) is 0 Å². The molecule has 0 aliphatic heterocycles. The van der Waals surface area contributed by atoms with Crippen molar-refractivity contribution in [2.24, 2.45) is 0 Å². The topological polar surface area (TPSA) is 71.2 Å². The fraction of sp³-hybridized carbons (Fsp3) is 0.182. The average molecular weight is 429 g/mol. The highest BCUT2D eigenvalue weighted by atomic mass is 35.5. The molecule has 0 aliphatic rings. The smallest absolute Gasteiger partial charge is 0.251 e. The second-order valence-corrected chi connectivity index (χ2v) is 7.83. The van der Waals surface area contributed by atoms with Crippen LogP contribution in [0.1, 0.15) is 10.4 Å². The summed E-state index contributed by atoms with van der Waals surface area (Å²) < 4.78 is 0. The fourth-order valence-electron chi connectivity index (χ4n) is 2.91. The summed E-state index contributed by atoms with van der Waals surface area (Å²) in [7, 11) is 3.93. The summed E-state index contributed by atoms with van der Waals surface area (Å²) in [5.41, 5.74) is 9.90. The van der Waals surface area contributed by atoms with Crippen molar-refractivity contribution in [3.8, 4) is 22.3 Å². The van der Waals surface area contributed by atoms with Crippen LogP contribution in [-0.2, 0) is 0 Å². The Morgan fingerprint density at radius 1 is 1.03 bits per heavy atom. The van der Waals surface area contributed by atoms with E-state index >= 15 is 0 Å². The number of hydrogen-bond acceptors (Lipinski definition) is 4. The van der Waals surface area contributed by atoms with Gasteiger partial charge in [-0.1, -0.05) is 35.3 Å². The number of benzene rings is 2. The number of anilines is 1. The van der Waals surface area contributed by atoms with Gasteiger partial charge in [0.15, 0.2) is 0 Å². The molecule has 0 fully saturated rings. The Morgan fingerprint density at radius 2 is 1.76 bits per heavy atom. The first-order valence-corrected chi connectivity index (χ1v) is 9.84. The lowest BCUT2D eigenvalue weighted by Gasteiger charge is -2.12. The van der Waals surface area contributed by atoms with Crippen molar-refractivity contribution in [2.75, 3.05) is 32.9 Å². The first kappa shape index (κ1) is 21.1. The molecule has 5 nitrogen and oxygen atoms in total. The average Bonchev–Trinajstić information content (AvgIpc) is 2.67. The summed E-state index contributed by atoms with van der Waals surface area (Å²) in [6.45, 7) is 1.36. The molecule has 3 rings (SSSR count). The normalized spacial score (nSPS) is 10.9. The molecule has 1 amide bonds. The van der Waals surface area contributed by atoms with Gasteiger partial charge in [-0.05, 0) is 61.6 Å². The van der Waals surface area contributed by atoms with E-state index in [0.717, 1.165) is 28.8 Å². The number of nitrogens with two attached hydrogens (primary N) is 1. The number of nitrogen functional groups attached to an aromatic ring is 1. The number of aromatic nitrogens is 1. The molecule has 3 N–H and O–H groups in total. The van der Waals surface area contributed by atoms with E-state index in [2.05, 4.69) is 10.3 Å². The Labute approximate surface area is 180 Å². The number of carbonyl (C=O) groups is 1. The molecular weight excluding hydrogens is 407 g/mol. The van der Waals surface area contributed by atoms with Gasteiger partial charge in [0, 0.05) is 46.0 Å². The Bertz CT molecular complexity index is 1020. The van der Waals surface area contributed by atoms with E-state index in [9.17, 15) is 4.79 Å². The summed E-state index contributed by atoms with van der Waals surface area (Å²) in [4.78, 5) is 18.8. The Morgan fingerprint density at radius 3 is 2.45 bits per heavy atom. The SMILES string of the molecule is CN(C)CCNC(=O)c1cccc(-c2cnc(N)c(-c3cc(Cl)cc(Cl)c3)c2)c1. The van der Waals surface area contributed by atoms with Gasteiger partial charge >= 0.3 is 0 Å². The molecule has 1 heterocycles. The van der Waals surface area contributed by atoms with E-state index in [1.165, 1.54) is 0 Å². The molecule has 2 aromatic carbocycles. The van der Waals surface area contributed by atoms with Crippen LogP contribution in [0.2, 0.25) is 10.0 Å². The van der Waals surface area contributed by atoms with Crippen molar-refractivity contribution in [3.63, 3.8) is 0 Å².